The number of anilines is 1. The molecular formula is C14H20BrNO2. The third-order valence-electron chi connectivity index (χ3n) is 2.71. The fourth-order valence-electron chi connectivity index (χ4n) is 1.73. The van der Waals surface area contributed by atoms with Crippen molar-refractivity contribution in [2.75, 3.05) is 31.7 Å². The highest BCUT2D eigenvalue weighted by atomic mass is 79.9. The van der Waals surface area contributed by atoms with Crippen molar-refractivity contribution in [3.8, 4) is 0 Å². The number of benzene rings is 1. The number of hydrogen-bond acceptors (Lipinski definition) is 3. The molecule has 0 saturated heterocycles. The predicted octanol–water partition coefficient (Wildman–Crippen LogP) is 3.14. The van der Waals surface area contributed by atoms with Crippen LogP contribution in [-0.4, -0.2) is 31.9 Å². The van der Waals surface area contributed by atoms with Gasteiger partial charge in [-0.05, 0) is 24.6 Å². The lowest BCUT2D eigenvalue weighted by molar-refractivity contribution is 0.198. The Kier molecular flexibility index (Phi) is 6.39. The molecule has 0 radical (unpaired) electrons. The molecule has 3 nitrogen and oxygen atoms in total. The van der Waals surface area contributed by atoms with E-state index in [4.69, 9.17) is 4.74 Å². The number of halogens is 1. The minimum atomic E-state index is -0.472. The van der Waals surface area contributed by atoms with Crippen molar-refractivity contribution in [1.29, 1.82) is 0 Å². The van der Waals surface area contributed by atoms with Crippen LogP contribution in [0.5, 0.6) is 0 Å². The summed E-state index contributed by atoms with van der Waals surface area (Å²) in [6.07, 6.45) is 1.40. The van der Waals surface area contributed by atoms with Crippen molar-refractivity contribution in [2.45, 2.75) is 13.0 Å². The largest absolute Gasteiger partial charge is 0.389 e. The minimum absolute atomic E-state index is 0.472. The molecule has 4 heteroatoms. The average molecular weight is 314 g/mol. The van der Waals surface area contributed by atoms with E-state index in [1.807, 2.05) is 24.3 Å². The lowest BCUT2D eigenvalue weighted by Crippen LogP contribution is -2.27. The number of hydrogen-bond donors (Lipinski definition) is 1. The van der Waals surface area contributed by atoms with Gasteiger partial charge in [-0.25, -0.2) is 0 Å². The third kappa shape index (κ3) is 4.12. The second-order valence-corrected chi connectivity index (χ2v) is 4.96. The summed E-state index contributed by atoms with van der Waals surface area (Å²) in [7, 11) is 1.69. The molecule has 1 N–H and O–H groups in total. The van der Waals surface area contributed by atoms with Gasteiger partial charge in [0.15, 0.2) is 0 Å². The van der Waals surface area contributed by atoms with E-state index in [1.165, 1.54) is 0 Å². The zero-order valence-corrected chi connectivity index (χ0v) is 12.5. The highest BCUT2D eigenvalue weighted by Crippen LogP contribution is 2.28. The summed E-state index contributed by atoms with van der Waals surface area (Å²) in [5, 5.41) is 9.60. The average Bonchev–Trinajstić information content (AvgIpc) is 2.33. The van der Waals surface area contributed by atoms with E-state index in [9.17, 15) is 5.11 Å². The molecule has 0 fully saturated rings. The van der Waals surface area contributed by atoms with Crippen molar-refractivity contribution in [1.82, 2.24) is 0 Å². The normalized spacial score (nSPS) is 12.2. The van der Waals surface area contributed by atoms with Crippen molar-refractivity contribution in [3.05, 3.63) is 40.9 Å². The molecule has 18 heavy (non-hydrogen) atoms. The molecule has 0 unspecified atom stereocenters. The van der Waals surface area contributed by atoms with E-state index in [1.54, 1.807) is 14.0 Å². The quantitative estimate of drug-likeness (QED) is 0.785. The van der Waals surface area contributed by atoms with Crippen LogP contribution in [0.4, 0.5) is 5.69 Å². The van der Waals surface area contributed by atoms with E-state index in [2.05, 4.69) is 27.4 Å². The zero-order valence-electron chi connectivity index (χ0n) is 10.9. The van der Waals surface area contributed by atoms with Gasteiger partial charge in [-0.1, -0.05) is 28.1 Å². The molecule has 100 valence electrons. The van der Waals surface area contributed by atoms with Crippen molar-refractivity contribution >= 4 is 21.6 Å². The van der Waals surface area contributed by atoms with Crippen LogP contribution in [0.25, 0.3) is 0 Å². The first-order chi connectivity index (χ1) is 8.60. The molecule has 1 aromatic rings. The predicted molar refractivity (Wildman–Crippen MR) is 79.1 cm³/mol. The Morgan fingerprint density at radius 2 is 2.28 bits per heavy atom. The van der Waals surface area contributed by atoms with E-state index in [0.29, 0.717) is 6.61 Å². The van der Waals surface area contributed by atoms with E-state index < -0.39 is 6.10 Å². The smallest absolute Gasteiger partial charge is 0.0772 e. The summed E-state index contributed by atoms with van der Waals surface area (Å²) in [4.78, 5) is 2.17. The number of aliphatic hydroxyl groups is 1. The van der Waals surface area contributed by atoms with Crippen molar-refractivity contribution in [2.24, 2.45) is 0 Å². The van der Waals surface area contributed by atoms with Crippen LogP contribution in [0.3, 0.4) is 0 Å². The van der Waals surface area contributed by atoms with Gasteiger partial charge in [-0.3, -0.25) is 0 Å². The number of ether oxygens (including phenoxy) is 1. The standard InChI is InChI=1S/C14H20BrNO2/c1-4-7-16(8-9-18-3)12-5-6-13(11(2)17)14(15)10-12/h4-6,10-11,17H,1,7-9H2,2-3H3/t11-/m0/s1. The van der Waals surface area contributed by atoms with E-state index in [0.717, 1.165) is 28.8 Å². The fraction of sp³-hybridized carbons (Fsp3) is 0.429. The first-order valence-electron chi connectivity index (χ1n) is 5.92. The Labute approximate surface area is 117 Å². The van der Waals surface area contributed by atoms with Gasteiger partial charge in [0.1, 0.15) is 0 Å². The zero-order chi connectivity index (χ0) is 13.5. The molecule has 1 rings (SSSR count). The van der Waals surface area contributed by atoms with Gasteiger partial charge in [-0.2, -0.15) is 0 Å². The highest BCUT2D eigenvalue weighted by Gasteiger charge is 2.10. The molecule has 0 amide bonds. The number of rotatable bonds is 7. The molecule has 0 aliphatic heterocycles. The molecule has 1 atom stereocenters. The van der Waals surface area contributed by atoms with Gasteiger partial charge in [0.25, 0.3) is 0 Å². The lowest BCUT2D eigenvalue weighted by atomic mass is 10.1. The number of methoxy groups -OCH3 is 1. The second kappa shape index (κ2) is 7.56. The van der Waals surface area contributed by atoms with Gasteiger partial charge < -0.3 is 14.7 Å². The maximum atomic E-state index is 9.60. The molecule has 0 bridgehead atoms. The fourth-order valence-corrected chi connectivity index (χ4v) is 2.43. The van der Waals surface area contributed by atoms with Crippen LogP contribution in [0.1, 0.15) is 18.6 Å². The van der Waals surface area contributed by atoms with Crippen LogP contribution < -0.4 is 4.90 Å². The number of aliphatic hydroxyl groups excluding tert-OH is 1. The number of nitrogens with zero attached hydrogens (tertiary/aromatic N) is 1. The summed E-state index contributed by atoms with van der Waals surface area (Å²) in [5.41, 5.74) is 1.98. The Balaban J connectivity index is 2.91. The van der Waals surface area contributed by atoms with Gasteiger partial charge in [0.05, 0.1) is 12.7 Å². The summed E-state index contributed by atoms with van der Waals surface area (Å²) in [5.74, 6) is 0. The molecule has 0 saturated carbocycles. The molecular weight excluding hydrogens is 294 g/mol. The van der Waals surface area contributed by atoms with Crippen molar-refractivity contribution in [3.63, 3.8) is 0 Å². The van der Waals surface area contributed by atoms with Crippen LogP contribution in [0.15, 0.2) is 35.3 Å². The van der Waals surface area contributed by atoms with E-state index in [-0.39, 0.29) is 0 Å². The summed E-state index contributed by atoms with van der Waals surface area (Å²) in [6.45, 7) is 7.77. The topological polar surface area (TPSA) is 32.7 Å². The SMILES string of the molecule is C=CCN(CCOC)c1ccc([C@H](C)O)c(Br)c1. The van der Waals surface area contributed by atoms with E-state index >= 15 is 0 Å². The Morgan fingerprint density at radius 3 is 2.78 bits per heavy atom. The van der Waals surface area contributed by atoms with Crippen LogP contribution in [-0.2, 0) is 4.74 Å². The summed E-state index contributed by atoms with van der Waals surface area (Å²) < 4.78 is 6.02. The highest BCUT2D eigenvalue weighted by molar-refractivity contribution is 9.10. The first-order valence-corrected chi connectivity index (χ1v) is 6.71. The third-order valence-corrected chi connectivity index (χ3v) is 3.40. The Bertz CT molecular complexity index is 393. The monoisotopic (exact) mass is 313 g/mol. The van der Waals surface area contributed by atoms with Gasteiger partial charge >= 0.3 is 0 Å². The Hall–Kier alpha value is -0.840. The maximum Gasteiger partial charge on any atom is 0.0772 e. The maximum absolute atomic E-state index is 9.60. The van der Waals surface area contributed by atoms with Gasteiger partial charge in [-0.15, -0.1) is 6.58 Å². The minimum Gasteiger partial charge on any atom is -0.389 e. The molecule has 0 aliphatic rings. The molecule has 1 aromatic carbocycles. The van der Waals surface area contributed by atoms with Gasteiger partial charge in [0, 0.05) is 30.4 Å². The summed E-state index contributed by atoms with van der Waals surface area (Å²) in [6, 6.07) is 5.96. The van der Waals surface area contributed by atoms with Gasteiger partial charge in [0.2, 0.25) is 0 Å². The Morgan fingerprint density at radius 1 is 1.56 bits per heavy atom. The second-order valence-electron chi connectivity index (χ2n) is 4.11. The molecule has 0 heterocycles. The lowest BCUT2D eigenvalue weighted by Gasteiger charge is -2.24. The van der Waals surface area contributed by atoms with Crippen LogP contribution in [0, 0.1) is 0 Å². The van der Waals surface area contributed by atoms with Crippen LogP contribution >= 0.6 is 15.9 Å². The molecule has 0 aromatic heterocycles. The summed E-state index contributed by atoms with van der Waals surface area (Å²) >= 11 is 3.49. The molecule has 0 aliphatic carbocycles. The van der Waals surface area contributed by atoms with Crippen molar-refractivity contribution < 1.29 is 9.84 Å². The van der Waals surface area contributed by atoms with Crippen LogP contribution in [0.2, 0.25) is 0 Å². The first kappa shape index (κ1) is 15.2. The molecule has 0 spiro atoms.